The Balaban J connectivity index is 2.20. The molecule has 0 amide bonds. The van der Waals surface area contributed by atoms with E-state index >= 15 is 0 Å². The fourth-order valence-corrected chi connectivity index (χ4v) is 1.18. The minimum atomic E-state index is -0.152. The van der Waals surface area contributed by atoms with Crippen molar-refractivity contribution in [3.05, 3.63) is 0 Å². The van der Waals surface area contributed by atoms with Gasteiger partial charge in [0.2, 0.25) is 0 Å². The van der Waals surface area contributed by atoms with Gasteiger partial charge in [0.05, 0.1) is 6.61 Å². The van der Waals surface area contributed by atoms with Crippen molar-refractivity contribution in [2.45, 2.75) is 39.6 Å². The molecule has 0 aromatic heterocycles. The van der Waals surface area contributed by atoms with E-state index in [1.54, 1.807) is 0 Å². The van der Waals surface area contributed by atoms with E-state index in [-0.39, 0.29) is 12.4 Å². The zero-order valence-corrected chi connectivity index (χ0v) is 8.79. The van der Waals surface area contributed by atoms with Crippen LogP contribution in [0.15, 0.2) is 0 Å². The Labute approximate surface area is 80.4 Å². The Bertz CT molecular complexity index is 132. The molecule has 2 atom stereocenters. The van der Waals surface area contributed by atoms with Crippen molar-refractivity contribution >= 4 is 0 Å². The SMILES string of the molecule is CCOC(OCC(C)C)C1CCO1. The first kappa shape index (κ1) is 11.0. The molecule has 0 aromatic carbocycles. The molecular weight excluding hydrogens is 168 g/mol. The van der Waals surface area contributed by atoms with Gasteiger partial charge in [-0.25, -0.2) is 0 Å². The van der Waals surface area contributed by atoms with E-state index in [0.717, 1.165) is 19.6 Å². The van der Waals surface area contributed by atoms with E-state index in [1.165, 1.54) is 0 Å². The van der Waals surface area contributed by atoms with Crippen molar-refractivity contribution in [2.75, 3.05) is 19.8 Å². The molecule has 0 bridgehead atoms. The molecule has 0 N–H and O–H groups in total. The minimum Gasteiger partial charge on any atom is -0.373 e. The van der Waals surface area contributed by atoms with Crippen LogP contribution in [0.3, 0.4) is 0 Å². The zero-order chi connectivity index (χ0) is 9.68. The van der Waals surface area contributed by atoms with Crippen LogP contribution in [0.4, 0.5) is 0 Å². The van der Waals surface area contributed by atoms with Crippen molar-refractivity contribution in [3.8, 4) is 0 Å². The molecule has 0 radical (unpaired) electrons. The first-order chi connectivity index (χ1) is 6.24. The average molecular weight is 188 g/mol. The highest BCUT2D eigenvalue weighted by atomic mass is 16.7. The Morgan fingerprint density at radius 3 is 2.46 bits per heavy atom. The molecule has 0 aliphatic carbocycles. The summed E-state index contributed by atoms with van der Waals surface area (Å²) in [4.78, 5) is 0. The van der Waals surface area contributed by atoms with Crippen LogP contribution in [0.1, 0.15) is 27.2 Å². The lowest BCUT2D eigenvalue weighted by Gasteiger charge is -2.33. The molecule has 0 saturated carbocycles. The first-order valence-corrected chi connectivity index (χ1v) is 5.08. The van der Waals surface area contributed by atoms with Crippen LogP contribution in [0.25, 0.3) is 0 Å². The highest BCUT2D eigenvalue weighted by Crippen LogP contribution is 2.19. The topological polar surface area (TPSA) is 27.7 Å². The van der Waals surface area contributed by atoms with Gasteiger partial charge in [-0.15, -0.1) is 0 Å². The van der Waals surface area contributed by atoms with E-state index in [0.29, 0.717) is 12.5 Å². The van der Waals surface area contributed by atoms with Crippen LogP contribution in [-0.4, -0.2) is 32.2 Å². The highest BCUT2D eigenvalue weighted by Gasteiger charge is 2.29. The minimum absolute atomic E-state index is 0.152. The van der Waals surface area contributed by atoms with E-state index in [2.05, 4.69) is 13.8 Å². The van der Waals surface area contributed by atoms with E-state index < -0.39 is 0 Å². The Kier molecular flexibility index (Phi) is 4.70. The predicted molar refractivity (Wildman–Crippen MR) is 50.6 cm³/mol. The molecule has 1 aliphatic rings. The maximum Gasteiger partial charge on any atom is 0.183 e. The van der Waals surface area contributed by atoms with Crippen molar-refractivity contribution < 1.29 is 14.2 Å². The van der Waals surface area contributed by atoms with Gasteiger partial charge < -0.3 is 14.2 Å². The van der Waals surface area contributed by atoms with Gasteiger partial charge in [-0.05, 0) is 12.8 Å². The Morgan fingerprint density at radius 1 is 1.38 bits per heavy atom. The molecule has 1 saturated heterocycles. The predicted octanol–water partition coefficient (Wildman–Crippen LogP) is 1.81. The molecule has 2 unspecified atom stereocenters. The molecule has 78 valence electrons. The molecule has 1 aliphatic heterocycles. The summed E-state index contributed by atoms with van der Waals surface area (Å²) < 4.78 is 16.4. The number of hydrogen-bond acceptors (Lipinski definition) is 3. The van der Waals surface area contributed by atoms with Gasteiger partial charge >= 0.3 is 0 Å². The summed E-state index contributed by atoms with van der Waals surface area (Å²) in [5.41, 5.74) is 0. The molecule has 3 nitrogen and oxygen atoms in total. The Morgan fingerprint density at radius 2 is 2.08 bits per heavy atom. The van der Waals surface area contributed by atoms with Crippen molar-refractivity contribution in [1.29, 1.82) is 0 Å². The number of rotatable bonds is 6. The van der Waals surface area contributed by atoms with Crippen molar-refractivity contribution in [2.24, 2.45) is 5.92 Å². The highest BCUT2D eigenvalue weighted by molar-refractivity contribution is 4.70. The van der Waals surface area contributed by atoms with Gasteiger partial charge in [0.1, 0.15) is 6.10 Å². The van der Waals surface area contributed by atoms with Crippen molar-refractivity contribution in [3.63, 3.8) is 0 Å². The largest absolute Gasteiger partial charge is 0.373 e. The second-order valence-electron chi connectivity index (χ2n) is 3.75. The zero-order valence-electron chi connectivity index (χ0n) is 8.79. The average Bonchev–Trinajstić information content (AvgIpc) is 1.97. The van der Waals surface area contributed by atoms with Crippen molar-refractivity contribution in [1.82, 2.24) is 0 Å². The maximum atomic E-state index is 5.60. The van der Waals surface area contributed by atoms with Crippen LogP contribution in [0.2, 0.25) is 0 Å². The second-order valence-corrected chi connectivity index (χ2v) is 3.75. The van der Waals surface area contributed by atoms with E-state index in [1.807, 2.05) is 6.92 Å². The van der Waals surface area contributed by atoms with Gasteiger partial charge in [-0.1, -0.05) is 13.8 Å². The van der Waals surface area contributed by atoms with E-state index in [9.17, 15) is 0 Å². The van der Waals surface area contributed by atoms with Crippen LogP contribution < -0.4 is 0 Å². The summed E-state index contributed by atoms with van der Waals surface area (Å²) in [6.07, 6.45) is 1.07. The second kappa shape index (κ2) is 5.58. The fourth-order valence-electron chi connectivity index (χ4n) is 1.18. The number of hydrogen-bond donors (Lipinski definition) is 0. The smallest absolute Gasteiger partial charge is 0.183 e. The lowest BCUT2D eigenvalue weighted by molar-refractivity contribution is -0.242. The summed E-state index contributed by atoms with van der Waals surface area (Å²) in [6.45, 7) is 8.51. The maximum absolute atomic E-state index is 5.60. The molecule has 1 rings (SSSR count). The normalized spacial score (nSPS) is 24.5. The third kappa shape index (κ3) is 3.63. The van der Waals surface area contributed by atoms with Crippen LogP contribution in [-0.2, 0) is 14.2 Å². The Hall–Kier alpha value is -0.120. The molecule has 0 aromatic rings. The van der Waals surface area contributed by atoms with E-state index in [4.69, 9.17) is 14.2 Å². The first-order valence-electron chi connectivity index (χ1n) is 5.08. The van der Waals surface area contributed by atoms with Gasteiger partial charge in [0.15, 0.2) is 6.29 Å². The fraction of sp³-hybridized carbons (Fsp3) is 1.00. The van der Waals surface area contributed by atoms with Gasteiger partial charge in [0.25, 0.3) is 0 Å². The van der Waals surface area contributed by atoms with Gasteiger partial charge in [-0.3, -0.25) is 0 Å². The van der Waals surface area contributed by atoms with Crippen LogP contribution in [0, 0.1) is 5.92 Å². The summed E-state index contributed by atoms with van der Waals surface area (Å²) in [5.74, 6) is 0.544. The van der Waals surface area contributed by atoms with Crippen LogP contribution >= 0.6 is 0 Å². The quantitative estimate of drug-likeness (QED) is 0.595. The molecular formula is C10H20O3. The summed E-state index contributed by atoms with van der Waals surface area (Å²) >= 11 is 0. The third-order valence-corrected chi connectivity index (χ3v) is 1.96. The lowest BCUT2D eigenvalue weighted by Crippen LogP contribution is -2.42. The molecule has 0 spiro atoms. The summed E-state index contributed by atoms with van der Waals surface area (Å²) in [5, 5.41) is 0. The van der Waals surface area contributed by atoms with Gasteiger partial charge in [-0.2, -0.15) is 0 Å². The molecule has 3 heteroatoms. The van der Waals surface area contributed by atoms with Gasteiger partial charge in [0, 0.05) is 19.6 Å². The summed E-state index contributed by atoms with van der Waals surface area (Å²) in [7, 11) is 0. The van der Waals surface area contributed by atoms with Crippen LogP contribution in [0.5, 0.6) is 0 Å². The molecule has 1 fully saturated rings. The number of ether oxygens (including phenoxy) is 3. The third-order valence-electron chi connectivity index (χ3n) is 1.96. The summed E-state index contributed by atoms with van der Waals surface area (Å²) in [6, 6.07) is 0. The monoisotopic (exact) mass is 188 g/mol. The molecule has 13 heavy (non-hydrogen) atoms. The lowest BCUT2D eigenvalue weighted by atomic mass is 10.2. The standard InChI is InChI=1S/C10H20O3/c1-4-11-10(9-5-6-12-9)13-7-8(2)3/h8-10H,4-7H2,1-3H3. The molecule has 1 heterocycles.